The quantitative estimate of drug-likeness (QED) is 0.905. The van der Waals surface area contributed by atoms with Crippen molar-refractivity contribution in [2.75, 3.05) is 13.2 Å². The molecule has 0 aliphatic carbocycles. The summed E-state index contributed by atoms with van der Waals surface area (Å²) in [7, 11) is 0. The normalized spacial score (nSPS) is 17.5. The fraction of sp³-hybridized carbons (Fsp3) is 0.471. The van der Waals surface area contributed by atoms with Gasteiger partial charge in [-0.1, -0.05) is 12.1 Å². The zero-order valence-corrected chi connectivity index (χ0v) is 13.2. The van der Waals surface area contributed by atoms with E-state index in [9.17, 15) is 9.59 Å². The number of para-hydroxylation sites is 1. The molecule has 0 spiro atoms. The van der Waals surface area contributed by atoms with Gasteiger partial charge in [-0.3, -0.25) is 14.2 Å². The molecule has 0 bridgehead atoms. The maximum Gasteiger partial charge on any atom is 0.261 e. The molecule has 122 valence electrons. The first-order valence-corrected chi connectivity index (χ1v) is 7.98. The molecular formula is C17H21N3O3. The summed E-state index contributed by atoms with van der Waals surface area (Å²) in [4.78, 5) is 28.7. The van der Waals surface area contributed by atoms with Crippen LogP contribution < -0.4 is 10.9 Å². The number of carbonyl (C=O) groups is 1. The van der Waals surface area contributed by atoms with E-state index >= 15 is 0 Å². The number of amides is 1. The average Bonchev–Trinajstić information content (AvgIpc) is 3.06. The van der Waals surface area contributed by atoms with E-state index < -0.39 is 0 Å². The number of hydrogen-bond donors (Lipinski definition) is 1. The Morgan fingerprint density at radius 1 is 1.48 bits per heavy atom. The van der Waals surface area contributed by atoms with E-state index in [1.54, 1.807) is 6.07 Å². The van der Waals surface area contributed by atoms with Crippen LogP contribution in [0, 0.1) is 6.92 Å². The molecule has 0 radical (unpaired) electrons. The molecular weight excluding hydrogens is 294 g/mol. The van der Waals surface area contributed by atoms with Crippen molar-refractivity contribution in [3.05, 3.63) is 40.4 Å². The monoisotopic (exact) mass is 315 g/mol. The zero-order chi connectivity index (χ0) is 16.2. The largest absolute Gasteiger partial charge is 0.376 e. The van der Waals surface area contributed by atoms with E-state index in [2.05, 4.69) is 10.3 Å². The minimum absolute atomic E-state index is 0.0725. The predicted molar refractivity (Wildman–Crippen MR) is 87.3 cm³/mol. The maximum atomic E-state index is 12.4. The lowest BCUT2D eigenvalue weighted by Gasteiger charge is -2.11. The molecule has 1 amide bonds. The smallest absolute Gasteiger partial charge is 0.261 e. The molecule has 1 N–H and O–H groups in total. The number of ether oxygens (including phenoxy) is 1. The molecule has 2 aromatic rings. The molecule has 1 aromatic heterocycles. The number of nitrogens with one attached hydrogen (secondary N) is 1. The van der Waals surface area contributed by atoms with Crippen molar-refractivity contribution >= 4 is 16.8 Å². The van der Waals surface area contributed by atoms with Crippen LogP contribution in [0.1, 0.15) is 24.8 Å². The lowest BCUT2D eigenvalue weighted by molar-refractivity contribution is -0.121. The lowest BCUT2D eigenvalue weighted by atomic mass is 10.1. The number of benzene rings is 1. The maximum absolute atomic E-state index is 12.4. The lowest BCUT2D eigenvalue weighted by Crippen LogP contribution is -2.33. The van der Waals surface area contributed by atoms with Crippen molar-refractivity contribution in [3.63, 3.8) is 0 Å². The molecule has 2 heterocycles. The van der Waals surface area contributed by atoms with Gasteiger partial charge in [-0.15, -0.1) is 0 Å². The van der Waals surface area contributed by atoms with Crippen molar-refractivity contribution in [2.45, 2.75) is 38.8 Å². The standard InChI is InChI=1S/C17H21N3O3/c1-12-4-2-6-14-16(12)19-11-20(17(14)22)8-7-15(21)18-10-13-5-3-9-23-13/h2,4,6,11,13H,3,5,7-10H2,1H3,(H,18,21). The molecule has 1 saturated heterocycles. The highest BCUT2D eigenvalue weighted by Gasteiger charge is 2.16. The Labute approximate surface area is 134 Å². The van der Waals surface area contributed by atoms with Gasteiger partial charge < -0.3 is 10.1 Å². The van der Waals surface area contributed by atoms with Gasteiger partial charge in [-0.05, 0) is 31.4 Å². The molecule has 1 aliphatic heterocycles. The molecule has 6 heteroatoms. The summed E-state index contributed by atoms with van der Waals surface area (Å²) in [6, 6.07) is 5.54. The average molecular weight is 315 g/mol. The van der Waals surface area contributed by atoms with Gasteiger partial charge in [-0.25, -0.2) is 4.98 Å². The zero-order valence-electron chi connectivity index (χ0n) is 13.2. The van der Waals surface area contributed by atoms with Crippen LogP contribution in [-0.2, 0) is 16.1 Å². The van der Waals surface area contributed by atoms with Crippen molar-refractivity contribution in [2.24, 2.45) is 0 Å². The Morgan fingerprint density at radius 2 is 2.35 bits per heavy atom. The topological polar surface area (TPSA) is 73.2 Å². The van der Waals surface area contributed by atoms with Crippen LogP contribution in [0.2, 0.25) is 0 Å². The minimum Gasteiger partial charge on any atom is -0.376 e. The van der Waals surface area contributed by atoms with E-state index in [1.165, 1.54) is 10.9 Å². The SMILES string of the molecule is Cc1cccc2c(=O)n(CCC(=O)NCC3CCCO3)cnc12. The van der Waals surface area contributed by atoms with E-state index in [4.69, 9.17) is 4.74 Å². The summed E-state index contributed by atoms with van der Waals surface area (Å²) in [6.45, 7) is 3.58. The molecule has 3 rings (SSSR count). The third-order valence-electron chi connectivity index (χ3n) is 4.19. The summed E-state index contributed by atoms with van der Waals surface area (Å²) in [6.07, 6.45) is 3.95. The number of hydrogen-bond acceptors (Lipinski definition) is 4. The first-order chi connectivity index (χ1) is 11.1. The summed E-state index contributed by atoms with van der Waals surface area (Å²) in [5.41, 5.74) is 1.59. The highest BCUT2D eigenvalue weighted by Crippen LogP contribution is 2.12. The number of fused-ring (bicyclic) bond motifs is 1. The summed E-state index contributed by atoms with van der Waals surface area (Å²) < 4.78 is 6.96. The Morgan fingerprint density at radius 3 is 3.13 bits per heavy atom. The predicted octanol–water partition coefficient (Wildman–Crippen LogP) is 1.39. The van der Waals surface area contributed by atoms with Gasteiger partial charge in [0.15, 0.2) is 0 Å². The van der Waals surface area contributed by atoms with Crippen LogP contribution in [0.4, 0.5) is 0 Å². The van der Waals surface area contributed by atoms with E-state index in [-0.39, 0.29) is 24.0 Å². The fourth-order valence-electron chi connectivity index (χ4n) is 2.84. The first kappa shape index (κ1) is 15.7. The van der Waals surface area contributed by atoms with Crippen molar-refractivity contribution in [3.8, 4) is 0 Å². The number of aromatic nitrogens is 2. The first-order valence-electron chi connectivity index (χ1n) is 7.98. The van der Waals surface area contributed by atoms with E-state index in [0.717, 1.165) is 30.5 Å². The number of nitrogens with zero attached hydrogens (tertiary/aromatic N) is 2. The molecule has 6 nitrogen and oxygen atoms in total. The van der Waals surface area contributed by atoms with Crippen molar-refractivity contribution < 1.29 is 9.53 Å². The van der Waals surface area contributed by atoms with Gasteiger partial charge in [0.1, 0.15) is 0 Å². The molecule has 0 saturated carbocycles. The third-order valence-corrected chi connectivity index (χ3v) is 4.19. The number of rotatable bonds is 5. The van der Waals surface area contributed by atoms with Crippen LogP contribution in [0.5, 0.6) is 0 Å². The Balaban J connectivity index is 1.61. The van der Waals surface area contributed by atoms with Crippen LogP contribution in [-0.4, -0.2) is 34.7 Å². The van der Waals surface area contributed by atoms with Crippen molar-refractivity contribution in [1.29, 1.82) is 0 Å². The van der Waals surface area contributed by atoms with Crippen molar-refractivity contribution in [1.82, 2.24) is 14.9 Å². The highest BCUT2D eigenvalue weighted by molar-refractivity contribution is 5.80. The van der Waals surface area contributed by atoms with Crippen LogP contribution in [0.15, 0.2) is 29.3 Å². The van der Waals surface area contributed by atoms with Gasteiger partial charge in [0.05, 0.1) is 23.3 Å². The molecule has 1 unspecified atom stereocenters. The van der Waals surface area contributed by atoms with Gasteiger partial charge in [0, 0.05) is 26.1 Å². The molecule has 1 atom stereocenters. The molecule has 1 fully saturated rings. The Hall–Kier alpha value is -2.21. The second kappa shape index (κ2) is 6.91. The van der Waals surface area contributed by atoms with E-state index in [0.29, 0.717) is 18.5 Å². The van der Waals surface area contributed by atoms with Crippen LogP contribution in [0.25, 0.3) is 10.9 Å². The fourth-order valence-corrected chi connectivity index (χ4v) is 2.84. The Bertz CT molecular complexity index is 763. The van der Waals surface area contributed by atoms with Gasteiger partial charge in [-0.2, -0.15) is 0 Å². The summed E-state index contributed by atoms with van der Waals surface area (Å²) in [5.74, 6) is -0.0725. The van der Waals surface area contributed by atoms with Crippen LogP contribution in [0.3, 0.4) is 0 Å². The second-order valence-corrected chi connectivity index (χ2v) is 5.90. The highest BCUT2D eigenvalue weighted by atomic mass is 16.5. The third kappa shape index (κ3) is 3.59. The van der Waals surface area contributed by atoms with Crippen LogP contribution >= 0.6 is 0 Å². The molecule has 1 aliphatic rings. The van der Waals surface area contributed by atoms with Gasteiger partial charge >= 0.3 is 0 Å². The van der Waals surface area contributed by atoms with Gasteiger partial charge in [0.25, 0.3) is 5.56 Å². The minimum atomic E-state index is -0.106. The number of aryl methyl sites for hydroxylation is 2. The molecule has 1 aromatic carbocycles. The summed E-state index contributed by atoms with van der Waals surface area (Å²) >= 11 is 0. The Kier molecular flexibility index (Phi) is 4.71. The summed E-state index contributed by atoms with van der Waals surface area (Å²) in [5, 5.41) is 3.45. The second-order valence-electron chi connectivity index (χ2n) is 5.90. The number of carbonyl (C=O) groups excluding carboxylic acids is 1. The van der Waals surface area contributed by atoms with Gasteiger partial charge in [0.2, 0.25) is 5.91 Å². The van der Waals surface area contributed by atoms with E-state index in [1.807, 2.05) is 19.1 Å². The molecule has 23 heavy (non-hydrogen) atoms.